The van der Waals surface area contributed by atoms with Gasteiger partial charge in [-0.2, -0.15) is 0 Å². The Morgan fingerprint density at radius 1 is 1.26 bits per heavy atom. The van der Waals surface area contributed by atoms with Crippen LogP contribution in [0.25, 0.3) is 0 Å². The van der Waals surface area contributed by atoms with Crippen molar-refractivity contribution in [2.75, 3.05) is 57.3 Å². The van der Waals surface area contributed by atoms with Crippen LogP contribution < -0.4 is 5.32 Å². The highest BCUT2D eigenvalue weighted by molar-refractivity contribution is 7.91. The van der Waals surface area contributed by atoms with Crippen LogP contribution in [-0.4, -0.2) is 81.5 Å². The quantitative estimate of drug-likeness (QED) is 0.586. The van der Waals surface area contributed by atoms with E-state index in [0.29, 0.717) is 24.0 Å². The van der Waals surface area contributed by atoms with Gasteiger partial charge in [0.05, 0.1) is 11.5 Å². The Bertz CT molecular complexity index is 496. The van der Waals surface area contributed by atoms with Crippen molar-refractivity contribution in [1.82, 2.24) is 15.1 Å². The zero-order valence-electron chi connectivity index (χ0n) is 14.8. The smallest absolute Gasteiger partial charge is 0.194 e. The van der Waals surface area contributed by atoms with Gasteiger partial charge in [0.1, 0.15) is 0 Å². The van der Waals surface area contributed by atoms with Crippen LogP contribution in [0.1, 0.15) is 27.2 Å². The minimum absolute atomic E-state index is 0.191. The molecule has 0 radical (unpaired) electrons. The summed E-state index contributed by atoms with van der Waals surface area (Å²) in [4.78, 5) is 9.54. The lowest BCUT2D eigenvalue weighted by Gasteiger charge is -2.37. The Kier molecular flexibility index (Phi) is 6.71. The van der Waals surface area contributed by atoms with Gasteiger partial charge in [-0.3, -0.25) is 9.89 Å². The second-order valence-corrected chi connectivity index (χ2v) is 9.37. The van der Waals surface area contributed by atoms with Gasteiger partial charge >= 0.3 is 0 Å². The molecule has 1 atom stereocenters. The van der Waals surface area contributed by atoms with Gasteiger partial charge in [0.2, 0.25) is 0 Å². The largest absolute Gasteiger partial charge is 0.357 e. The molecule has 1 unspecified atom stereocenters. The first-order chi connectivity index (χ1) is 10.9. The first-order valence-corrected chi connectivity index (χ1v) is 10.7. The van der Waals surface area contributed by atoms with E-state index in [0.717, 1.165) is 51.6 Å². The molecule has 1 N–H and O–H groups in total. The molecule has 0 aromatic carbocycles. The topological polar surface area (TPSA) is 65.0 Å². The zero-order chi connectivity index (χ0) is 16.9. The highest BCUT2D eigenvalue weighted by atomic mass is 32.2. The lowest BCUT2D eigenvalue weighted by atomic mass is 10.1. The maximum atomic E-state index is 11.6. The Hall–Kier alpha value is -0.820. The van der Waals surface area contributed by atoms with Crippen LogP contribution in [0.15, 0.2) is 4.99 Å². The Balaban J connectivity index is 1.87. The van der Waals surface area contributed by atoms with E-state index in [9.17, 15) is 8.42 Å². The molecule has 6 nitrogen and oxygen atoms in total. The number of piperazine rings is 1. The van der Waals surface area contributed by atoms with Gasteiger partial charge in [0.15, 0.2) is 15.8 Å². The predicted octanol–water partition coefficient (Wildman–Crippen LogP) is 0.660. The number of nitrogens with zero attached hydrogens (tertiary/aromatic N) is 3. The third kappa shape index (κ3) is 5.95. The van der Waals surface area contributed by atoms with Gasteiger partial charge < -0.3 is 10.2 Å². The summed E-state index contributed by atoms with van der Waals surface area (Å²) in [5, 5.41) is 3.36. The lowest BCUT2D eigenvalue weighted by Crippen LogP contribution is -2.53. The van der Waals surface area contributed by atoms with Crippen LogP contribution in [0.4, 0.5) is 0 Å². The fourth-order valence-electron chi connectivity index (χ4n) is 3.32. The SMILES string of the molecule is CCNC(=NCC1CCS(=O)(=O)C1)N1CCN(CC(C)C)CC1. The molecule has 0 amide bonds. The van der Waals surface area contributed by atoms with Crippen molar-refractivity contribution in [1.29, 1.82) is 0 Å². The summed E-state index contributed by atoms with van der Waals surface area (Å²) in [6, 6.07) is 0. The van der Waals surface area contributed by atoms with Gasteiger partial charge in [0, 0.05) is 45.8 Å². The summed E-state index contributed by atoms with van der Waals surface area (Å²) in [5.41, 5.74) is 0. The summed E-state index contributed by atoms with van der Waals surface area (Å²) in [7, 11) is -2.81. The minimum atomic E-state index is -2.81. The van der Waals surface area contributed by atoms with Crippen LogP contribution in [0.5, 0.6) is 0 Å². The van der Waals surface area contributed by atoms with Crippen molar-refractivity contribution in [2.45, 2.75) is 27.2 Å². The third-order valence-corrected chi connectivity index (χ3v) is 6.29. The summed E-state index contributed by atoms with van der Waals surface area (Å²) in [5.74, 6) is 2.47. The van der Waals surface area contributed by atoms with E-state index in [1.807, 2.05) is 0 Å². The second kappa shape index (κ2) is 8.33. The summed E-state index contributed by atoms with van der Waals surface area (Å²) >= 11 is 0. The monoisotopic (exact) mass is 344 g/mol. The van der Waals surface area contributed by atoms with Crippen LogP contribution in [-0.2, 0) is 9.84 Å². The number of hydrogen-bond donors (Lipinski definition) is 1. The average Bonchev–Trinajstić information content (AvgIpc) is 2.83. The number of sulfone groups is 1. The van der Waals surface area contributed by atoms with Crippen LogP contribution >= 0.6 is 0 Å². The van der Waals surface area contributed by atoms with Gasteiger partial charge in [0.25, 0.3) is 0 Å². The number of rotatable bonds is 5. The molecule has 2 saturated heterocycles. The first-order valence-electron chi connectivity index (χ1n) is 8.85. The molecule has 2 rings (SSSR count). The highest BCUT2D eigenvalue weighted by Crippen LogP contribution is 2.18. The maximum absolute atomic E-state index is 11.6. The Morgan fingerprint density at radius 3 is 2.48 bits per heavy atom. The molecule has 7 heteroatoms. The van der Waals surface area contributed by atoms with Crippen molar-refractivity contribution >= 4 is 15.8 Å². The lowest BCUT2D eigenvalue weighted by molar-refractivity contribution is 0.164. The second-order valence-electron chi connectivity index (χ2n) is 7.15. The fourth-order valence-corrected chi connectivity index (χ4v) is 5.17. The number of aliphatic imine (C=N–C) groups is 1. The van der Waals surface area contributed by atoms with E-state index in [2.05, 4.69) is 35.9 Å². The minimum Gasteiger partial charge on any atom is -0.357 e. The first kappa shape index (κ1) is 18.5. The van der Waals surface area contributed by atoms with Crippen molar-refractivity contribution in [2.24, 2.45) is 16.8 Å². The number of nitrogens with one attached hydrogen (secondary N) is 1. The molecule has 2 aliphatic rings. The normalized spacial score (nSPS) is 26.0. The van der Waals surface area contributed by atoms with Crippen molar-refractivity contribution in [3.63, 3.8) is 0 Å². The molecule has 0 aromatic heterocycles. The molecule has 0 aliphatic carbocycles. The van der Waals surface area contributed by atoms with Crippen LogP contribution in [0.3, 0.4) is 0 Å². The fraction of sp³-hybridized carbons (Fsp3) is 0.938. The zero-order valence-corrected chi connectivity index (χ0v) is 15.6. The van der Waals surface area contributed by atoms with Gasteiger partial charge in [-0.05, 0) is 25.2 Å². The maximum Gasteiger partial charge on any atom is 0.194 e. The molecule has 2 fully saturated rings. The van der Waals surface area contributed by atoms with Gasteiger partial charge in [-0.25, -0.2) is 8.42 Å². The Morgan fingerprint density at radius 2 is 1.96 bits per heavy atom. The van der Waals surface area contributed by atoms with Crippen molar-refractivity contribution in [3.8, 4) is 0 Å². The van der Waals surface area contributed by atoms with Gasteiger partial charge in [-0.1, -0.05) is 13.8 Å². The van der Waals surface area contributed by atoms with E-state index in [1.54, 1.807) is 0 Å². The van der Waals surface area contributed by atoms with E-state index >= 15 is 0 Å². The molecule has 134 valence electrons. The molecule has 0 aromatic rings. The van der Waals surface area contributed by atoms with Crippen molar-refractivity contribution < 1.29 is 8.42 Å². The number of guanidine groups is 1. The Labute approximate surface area is 141 Å². The van der Waals surface area contributed by atoms with E-state index < -0.39 is 9.84 Å². The predicted molar refractivity (Wildman–Crippen MR) is 95.6 cm³/mol. The molecule has 2 heterocycles. The molecule has 0 saturated carbocycles. The molecule has 2 aliphatic heterocycles. The standard InChI is InChI=1S/C16H32N4O2S/c1-4-17-16(18-11-15-5-10-23(21,22)13-15)20-8-6-19(7-9-20)12-14(2)3/h14-15H,4-13H2,1-3H3,(H,17,18). The summed E-state index contributed by atoms with van der Waals surface area (Å²) in [6.07, 6.45) is 0.757. The molecular formula is C16H32N4O2S. The van der Waals surface area contributed by atoms with Crippen molar-refractivity contribution in [3.05, 3.63) is 0 Å². The third-order valence-electron chi connectivity index (χ3n) is 4.46. The average molecular weight is 345 g/mol. The van der Waals surface area contributed by atoms with E-state index in [-0.39, 0.29) is 5.92 Å². The number of hydrogen-bond acceptors (Lipinski definition) is 4. The molecular weight excluding hydrogens is 312 g/mol. The summed E-state index contributed by atoms with van der Waals surface area (Å²) in [6.45, 7) is 13.3. The molecule has 0 spiro atoms. The van der Waals surface area contributed by atoms with Crippen LogP contribution in [0, 0.1) is 11.8 Å². The molecule has 0 bridgehead atoms. The molecule has 23 heavy (non-hydrogen) atoms. The summed E-state index contributed by atoms with van der Waals surface area (Å²) < 4.78 is 23.1. The van der Waals surface area contributed by atoms with Gasteiger partial charge in [-0.15, -0.1) is 0 Å². The van der Waals surface area contributed by atoms with E-state index in [1.165, 1.54) is 0 Å². The van der Waals surface area contributed by atoms with Crippen LogP contribution in [0.2, 0.25) is 0 Å². The van der Waals surface area contributed by atoms with E-state index in [4.69, 9.17) is 4.99 Å². The highest BCUT2D eigenvalue weighted by Gasteiger charge is 2.28.